The normalized spacial score (nSPS) is 9.46. The Labute approximate surface area is 85.3 Å². The zero-order valence-corrected chi connectivity index (χ0v) is 9.01. The molecule has 0 unspecified atom stereocenters. The van der Waals surface area contributed by atoms with Crippen LogP contribution in [0.5, 0.6) is 5.75 Å². The Morgan fingerprint density at radius 1 is 1.38 bits per heavy atom. The van der Waals surface area contributed by atoms with Crippen LogP contribution in [0, 0.1) is 5.41 Å². The molecular formula is C9H10BrNO2. The molecule has 70 valence electrons. The molecule has 0 fully saturated rings. The van der Waals surface area contributed by atoms with E-state index in [0.29, 0.717) is 5.56 Å². The van der Waals surface area contributed by atoms with Crippen LogP contribution in [0.4, 0.5) is 0 Å². The summed E-state index contributed by atoms with van der Waals surface area (Å²) in [7, 11) is 3.07. The van der Waals surface area contributed by atoms with Crippen LogP contribution in [0.3, 0.4) is 0 Å². The molecule has 0 amide bonds. The standard InChI is InChI=1S/C9H10BrNO2/c1-12-6-3-4-7(8(10)5-6)9(11)13-2/h3-5,11H,1-2H3. The average molecular weight is 244 g/mol. The first-order chi connectivity index (χ1) is 6.19. The van der Waals surface area contributed by atoms with Crippen molar-refractivity contribution in [3.63, 3.8) is 0 Å². The molecule has 3 nitrogen and oxygen atoms in total. The largest absolute Gasteiger partial charge is 0.497 e. The lowest BCUT2D eigenvalue weighted by molar-refractivity contribution is 0.400. The van der Waals surface area contributed by atoms with E-state index in [1.54, 1.807) is 25.3 Å². The highest BCUT2D eigenvalue weighted by atomic mass is 79.9. The molecule has 1 aromatic carbocycles. The number of methoxy groups -OCH3 is 2. The second-order valence-electron chi connectivity index (χ2n) is 2.38. The van der Waals surface area contributed by atoms with Crippen LogP contribution in [0.2, 0.25) is 0 Å². The van der Waals surface area contributed by atoms with Crippen molar-refractivity contribution in [3.8, 4) is 5.75 Å². The highest BCUT2D eigenvalue weighted by Crippen LogP contribution is 2.23. The smallest absolute Gasteiger partial charge is 0.214 e. The van der Waals surface area contributed by atoms with Crippen molar-refractivity contribution in [1.82, 2.24) is 0 Å². The molecular weight excluding hydrogens is 234 g/mol. The Morgan fingerprint density at radius 2 is 2.08 bits per heavy atom. The molecule has 0 bridgehead atoms. The van der Waals surface area contributed by atoms with Crippen molar-refractivity contribution < 1.29 is 9.47 Å². The molecule has 0 aromatic heterocycles. The maximum atomic E-state index is 7.45. The molecule has 0 saturated heterocycles. The first-order valence-corrected chi connectivity index (χ1v) is 4.44. The summed E-state index contributed by atoms with van der Waals surface area (Å²) >= 11 is 3.33. The van der Waals surface area contributed by atoms with Gasteiger partial charge in [-0.3, -0.25) is 5.41 Å². The van der Waals surface area contributed by atoms with Gasteiger partial charge in [-0.2, -0.15) is 0 Å². The van der Waals surface area contributed by atoms with Gasteiger partial charge < -0.3 is 9.47 Å². The lowest BCUT2D eigenvalue weighted by Crippen LogP contribution is -2.02. The molecule has 4 heteroatoms. The van der Waals surface area contributed by atoms with E-state index < -0.39 is 0 Å². The van der Waals surface area contributed by atoms with Crippen LogP contribution in [0.15, 0.2) is 22.7 Å². The first kappa shape index (κ1) is 10.1. The van der Waals surface area contributed by atoms with Gasteiger partial charge in [-0.1, -0.05) is 0 Å². The van der Waals surface area contributed by atoms with E-state index in [4.69, 9.17) is 14.9 Å². The van der Waals surface area contributed by atoms with E-state index in [-0.39, 0.29) is 5.90 Å². The van der Waals surface area contributed by atoms with E-state index in [1.165, 1.54) is 7.11 Å². The van der Waals surface area contributed by atoms with Gasteiger partial charge >= 0.3 is 0 Å². The van der Waals surface area contributed by atoms with Gasteiger partial charge in [0.2, 0.25) is 5.90 Å². The quantitative estimate of drug-likeness (QED) is 0.641. The van der Waals surface area contributed by atoms with Gasteiger partial charge in [-0.05, 0) is 34.1 Å². The van der Waals surface area contributed by atoms with E-state index in [1.807, 2.05) is 0 Å². The summed E-state index contributed by atoms with van der Waals surface area (Å²) in [6.07, 6.45) is 0. The summed E-state index contributed by atoms with van der Waals surface area (Å²) in [6.45, 7) is 0. The minimum Gasteiger partial charge on any atom is -0.497 e. The minimum absolute atomic E-state index is 0.134. The molecule has 0 spiro atoms. The number of hydrogen-bond donors (Lipinski definition) is 1. The molecule has 1 rings (SSSR count). The molecule has 0 saturated carbocycles. The third-order valence-electron chi connectivity index (χ3n) is 1.63. The van der Waals surface area contributed by atoms with Gasteiger partial charge in [0.15, 0.2) is 0 Å². The molecule has 13 heavy (non-hydrogen) atoms. The highest BCUT2D eigenvalue weighted by Gasteiger charge is 2.06. The van der Waals surface area contributed by atoms with Crippen molar-refractivity contribution in [2.24, 2.45) is 0 Å². The summed E-state index contributed by atoms with van der Waals surface area (Å²) in [5, 5.41) is 7.45. The SMILES string of the molecule is COC(=N)c1ccc(OC)cc1Br. The maximum absolute atomic E-state index is 7.45. The predicted octanol–water partition coefficient (Wildman–Crippen LogP) is 2.43. The molecule has 0 radical (unpaired) electrons. The van der Waals surface area contributed by atoms with Gasteiger partial charge in [-0.15, -0.1) is 0 Å². The lowest BCUT2D eigenvalue weighted by Gasteiger charge is -2.06. The predicted molar refractivity (Wildman–Crippen MR) is 54.5 cm³/mol. The maximum Gasteiger partial charge on any atom is 0.214 e. The lowest BCUT2D eigenvalue weighted by atomic mass is 10.2. The summed E-state index contributed by atoms with van der Waals surface area (Å²) < 4.78 is 10.6. The number of hydrogen-bond acceptors (Lipinski definition) is 3. The zero-order chi connectivity index (χ0) is 9.84. The van der Waals surface area contributed by atoms with E-state index in [0.717, 1.165) is 10.2 Å². The molecule has 0 aliphatic carbocycles. The average Bonchev–Trinajstić information content (AvgIpc) is 2.16. The molecule has 0 aliphatic heterocycles. The number of ether oxygens (including phenoxy) is 2. The van der Waals surface area contributed by atoms with Crippen molar-refractivity contribution in [2.75, 3.05) is 14.2 Å². The van der Waals surface area contributed by atoms with Crippen LogP contribution in [-0.4, -0.2) is 20.1 Å². The Balaban J connectivity index is 3.05. The molecule has 0 aliphatic rings. The second-order valence-corrected chi connectivity index (χ2v) is 3.23. The number of benzene rings is 1. The number of rotatable bonds is 2. The minimum atomic E-state index is 0.134. The van der Waals surface area contributed by atoms with Gasteiger partial charge in [0.25, 0.3) is 0 Å². The van der Waals surface area contributed by atoms with Crippen molar-refractivity contribution in [3.05, 3.63) is 28.2 Å². The second kappa shape index (κ2) is 4.28. The number of halogens is 1. The fraction of sp³-hybridized carbons (Fsp3) is 0.222. The highest BCUT2D eigenvalue weighted by molar-refractivity contribution is 9.10. The third-order valence-corrected chi connectivity index (χ3v) is 2.28. The van der Waals surface area contributed by atoms with Crippen LogP contribution >= 0.6 is 15.9 Å². The first-order valence-electron chi connectivity index (χ1n) is 3.65. The van der Waals surface area contributed by atoms with Crippen LogP contribution in [0.1, 0.15) is 5.56 Å². The monoisotopic (exact) mass is 243 g/mol. The van der Waals surface area contributed by atoms with Crippen LogP contribution < -0.4 is 4.74 Å². The Morgan fingerprint density at radius 3 is 2.54 bits per heavy atom. The summed E-state index contributed by atoms with van der Waals surface area (Å²) in [4.78, 5) is 0. The topological polar surface area (TPSA) is 42.3 Å². The summed E-state index contributed by atoms with van der Waals surface area (Å²) in [5.74, 6) is 0.883. The van der Waals surface area contributed by atoms with Gasteiger partial charge in [0, 0.05) is 4.47 Å². The fourth-order valence-corrected chi connectivity index (χ4v) is 1.45. The molecule has 1 aromatic rings. The van der Waals surface area contributed by atoms with Gasteiger partial charge in [-0.25, -0.2) is 0 Å². The molecule has 0 heterocycles. The van der Waals surface area contributed by atoms with Crippen molar-refractivity contribution in [1.29, 1.82) is 5.41 Å². The van der Waals surface area contributed by atoms with Gasteiger partial charge in [0.1, 0.15) is 5.75 Å². The molecule has 1 N–H and O–H groups in total. The van der Waals surface area contributed by atoms with Gasteiger partial charge in [0.05, 0.1) is 19.8 Å². The Bertz CT molecular complexity index is 325. The van der Waals surface area contributed by atoms with Crippen LogP contribution in [-0.2, 0) is 4.74 Å². The molecule has 0 atom stereocenters. The van der Waals surface area contributed by atoms with E-state index >= 15 is 0 Å². The summed E-state index contributed by atoms with van der Waals surface area (Å²) in [5.41, 5.74) is 0.711. The van der Waals surface area contributed by atoms with Crippen molar-refractivity contribution >= 4 is 21.8 Å². The zero-order valence-electron chi connectivity index (χ0n) is 7.43. The van der Waals surface area contributed by atoms with E-state index in [2.05, 4.69) is 15.9 Å². The summed E-state index contributed by atoms with van der Waals surface area (Å²) in [6, 6.07) is 5.35. The Kier molecular flexibility index (Phi) is 3.31. The van der Waals surface area contributed by atoms with E-state index in [9.17, 15) is 0 Å². The number of nitrogens with one attached hydrogen (secondary N) is 1. The van der Waals surface area contributed by atoms with Crippen LogP contribution in [0.25, 0.3) is 0 Å². The van der Waals surface area contributed by atoms with Crippen molar-refractivity contribution in [2.45, 2.75) is 0 Å². The fourth-order valence-electron chi connectivity index (χ4n) is 0.917. The third kappa shape index (κ3) is 2.21. The Hall–Kier alpha value is -1.03.